The first kappa shape index (κ1) is 13.5. The van der Waals surface area contributed by atoms with Gasteiger partial charge in [0.2, 0.25) is 0 Å². The molecule has 0 saturated heterocycles. The van der Waals surface area contributed by atoms with Crippen LogP contribution in [0.2, 0.25) is 0 Å². The first-order chi connectivity index (χ1) is 6.11. The molecule has 0 aromatic heterocycles. The van der Waals surface area contributed by atoms with Gasteiger partial charge in [-0.1, -0.05) is 0 Å². The van der Waals surface area contributed by atoms with E-state index >= 15 is 0 Å². The second-order valence-corrected chi connectivity index (χ2v) is 2.92. The van der Waals surface area contributed by atoms with Gasteiger partial charge in [0.25, 0.3) is 5.67 Å². The van der Waals surface area contributed by atoms with E-state index in [9.17, 15) is 26.3 Å². The van der Waals surface area contributed by atoms with Crippen molar-refractivity contribution >= 4 is 0 Å². The van der Waals surface area contributed by atoms with Gasteiger partial charge in [0.1, 0.15) is 0 Å². The standard InChI is InChI=1S/C7H9F6O/c1-4(2)14-3-6(10,5(8)9)7(11,12)13/h4H,3H2,1-2H3. The molecule has 0 spiro atoms. The minimum atomic E-state index is -5.67. The number of hydrogen-bond donors (Lipinski definition) is 0. The zero-order valence-electron chi connectivity index (χ0n) is 7.46. The SMILES string of the molecule is CC(C)OCC(F)([C](F)F)C(F)(F)F. The lowest BCUT2D eigenvalue weighted by molar-refractivity contribution is -0.259. The largest absolute Gasteiger partial charge is 0.431 e. The molecule has 0 aliphatic carbocycles. The molecule has 1 radical (unpaired) electrons. The summed E-state index contributed by atoms with van der Waals surface area (Å²) >= 11 is 0. The second kappa shape index (κ2) is 4.37. The number of alkyl halides is 4. The summed E-state index contributed by atoms with van der Waals surface area (Å²) < 4.78 is 76.0. The van der Waals surface area contributed by atoms with Crippen LogP contribution in [-0.4, -0.2) is 24.6 Å². The molecule has 0 fully saturated rings. The van der Waals surface area contributed by atoms with Crippen molar-refractivity contribution in [2.24, 2.45) is 0 Å². The van der Waals surface area contributed by atoms with Crippen LogP contribution in [0.4, 0.5) is 26.3 Å². The fourth-order valence-corrected chi connectivity index (χ4v) is 0.525. The Hall–Kier alpha value is -0.460. The summed E-state index contributed by atoms with van der Waals surface area (Å²) in [4.78, 5) is 0. The Kier molecular flexibility index (Phi) is 4.23. The molecular formula is C7H9F6O. The van der Waals surface area contributed by atoms with Crippen LogP contribution < -0.4 is 0 Å². The molecule has 7 heteroatoms. The lowest BCUT2D eigenvalue weighted by Crippen LogP contribution is -2.48. The normalized spacial score (nSPS) is 17.6. The van der Waals surface area contributed by atoms with Crippen LogP contribution in [0.1, 0.15) is 13.8 Å². The minimum absolute atomic E-state index is 0.758. The van der Waals surface area contributed by atoms with Gasteiger partial charge in [-0.3, -0.25) is 0 Å². The Morgan fingerprint density at radius 1 is 1.14 bits per heavy atom. The van der Waals surface area contributed by atoms with Crippen molar-refractivity contribution in [1.29, 1.82) is 0 Å². The van der Waals surface area contributed by atoms with E-state index in [1.807, 2.05) is 0 Å². The van der Waals surface area contributed by atoms with Gasteiger partial charge in [0.15, 0.2) is 0 Å². The molecule has 0 aromatic carbocycles. The monoisotopic (exact) mass is 223 g/mol. The predicted octanol–water partition coefficient (Wildman–Crippen LogP) is 3.11. The maximum atomic E-state index is 12.7. The molecule has 0 N–H and O–H groups in total. The molecule has 0 rings (SSSR count). The molecule has 0 bridgehead atoms. The molecule has 14 heavy (non-hydrogen) atoms. The van der Waals surface area contributed by atoms with Crippen molar-refractivity contribution < 1.29 is 31.1 Å². The van der Waals surface area contributed by atoms with E-state index in [0.29, 0.717) is 0 Å². The highest BCUT2D eigenvalue weighted by molar-refractivity contribution is 5.00. The van der Waals surface area contributed by atoms with Crippen LogP contribution in [0.25, 0.3) is 0 Å². The third-order valence-electron chi connectivity index (χ3n) is 1.36. The highest BCUT2D eigenvalue weighted by Crippen LogP contribution is 2.42. The molecular weight excluding hydrogens is 214 g/mol. The minimum Gasteiger partial charge on any atom is -0.375 e. The van der Waals surface area contributed by atoms with E-state index in [4.69, 9.17) is 0 Å². The third kappa shape index (κ3) is 3.04. The van der Waals surface area contributed by atoms with E-state index in [2.05, 4.69) is 4.74 Å². The van der Waals surface area contributed by atoms with E-state index in [1.165, 1.54) is 13.8 Å². The van der Waals surface area contributed by atoms with Gasteiger partial charge in [0, 0.05) is 0 Å². The molecule has 0 aliphatic rings. The van der Waals surface area contributed by atoms with Crippen molar-refractivity contribution in [1.82, 2.24) is 0 Å². The quantitative estimate of drug-likeness (QED) is 0.665. The van der Waals surface area contributed by atoms with Gasteiger partial charge in [-0.15, -0.1) is 0 Å². The Balaban J connectivity index is 4.58. The maximum Gasteiger partial charge on any atom is 0.431 e. The summed E-state index contributed by atoms with van der Waals surface area (Å²) in [6.45, 7) is 0.899. The van der Waals surface area contributed by atoms with Crippen LogP contribution in [0, 0.1) is 6.43 Å². The highest BCUT2D eigenvalue weighted by Gasteiger charge is 2.64. The van der Waals surface area contributed by atoms with E-state index in [-0.39, 0.29) is 0 Å². The van der Waals surface area contributed by atoms with Crippen molar-refractivity contribution in [3.8, 4) is 0 Å². The van der Waals surface area contributed by atoms with Gasteiger partial charge in [-0.05, 0) is 13.8 Å². The molecule has 0 heterocycles. The van der Waals surface area contributed by atoms with Crippen LogP contribution >= 0.6 is 0 Å². The van der Waals surface area contributed by atoms with Crippen LogP contribution in [0.5, 0.6) is 0 Å². The van der Waals surface area contributed by atoms with Crippen LogP contribution in [0.15, 0.2) is 0 Å². The number of rotatable bonds is 4. The lowest BCUT2D eigenvalue weighted by atomic mass is 10.1. The fraction of sp³-hybridized carbons (Fsp3) is 0.857. The number of hydrogen-bond acceptors (Lipinski definition) is 1. The van der Waals surface area contributed by atoms with Crippen LogP contribution in [0.3, 0.4) is 0 Å². The Labute approximate surface area is 77.0 Å². The average molecular weight is 223 g/mol. The van der Waals surface area contributed by atoms with Gasteiger partial charge in [-0.25, -0.2) is 4.39 Å². The van der Waals surface area contributed by atoms with E-state index < -0.39 is 31.0 Å². The highest BCUT2D eigenvalue weighted by atomic mass is 19.4. The maximum absolute atomic E-state index is 12.7. The summed E-state index contributed by atoms with van der Waals surface area (Å²) in [7, 11) is 0. The smallest absolute Gasteiger partial charge is 0.375 e. The van der Waals surface area contributed by atoms with Gasteiger partial charge in [0.05, 0.1) is 12.7 Å². The number of halogens is 6. The van der Waals surface area contributed by atoms with Crippen molar-refractivity contribution in [3.05, 3.63) is 6.43 Å². The summed E-state index contributed by atoms with van der Waals surface area (Å²) in [6.07, 6.45) is -9.77. The lowest BCUT2D eigenvalue weighted by Gasteiger charge is -2.26. The summed E-state index contributed by atoms with van der Waals surface area (Å²) in [5.74, 6) is 0. The molecule has 0 amide bonds. The van der Waals surface area contributed by atoms with Gasteiger partial charge >= 0.3 is 12.6 Å². The Bertz CT molecular complexity index is 178. The Morgan fingerprint density at radius 3 is 1.79 bits per heavy atom. The predicted molar refractivity (Wildman–Crippen MR) is 36.4 cm³/mol. The molecule has 1 unspecified atom stereocenters. The van der Waals surface area contributed by atoms with E-state index in [0.717, 1.165) is 0 Å². The Morgan fingerprint density at radius 2 is 1.57 bits per heavy atom. The summed E-state index contributed by atoms with van der Waals surface area (Å²) in [5.41, 5.74) is -4.67. The van der Waals surface area contributed by atoms with Gasteiger partial charge in [-0.2, -0.15) is 22.0 Å². The molecule has 85 valence electrons. The topological polar surface area (TPSA) is 9.23 Å². The summed E-state index contributed by atoms with van der Waals surface area (Å²) in [5, 5.41) is 0. The average Bonchev–Trinajstić information content (AvgIpc) is 1.97. The first-order valence-electron chi connectivity index (χ1n) is 3.67. The van der Waals surface area contributed by atoms with Gasteiger partial charge < -0.3 is 4.74 Å². The second-order valence-electron chi connectivity index (χ2n) is 2.92. The fourth-order valence-electron chi connectivity index (χ4n) is 0.525. The zero-order chi connectivity index (χ0) is 11.6. The molecule has 1 atom stereocenters. The summed E-state index contributed by atoms with van der Waals surface area (Å²) in [6, 6.07) is 0. The number of ether oxygens (including phenoxy) is 1. The first-order valence-corrected chi connectivity index (χ1v) is 3.67. The van der Waals surface area contributed by atoms with Crippen molar-refractivity contribution in [3.63, 3.8) is 0 Å². The molecule has 0 saturated carbocycles. The molecule has 0 aromatic rings. The van der Waals surface area contributed by atoms with Crippen LogP contribution in [-0.2, 0) is 4.74 Å². The van der Waals surface area contributed by atoms with Crippen molar-refractivity contribution in [2.45, 2.75) is 31.8 Å². The molecule has 1 nitrogen and oxygen atoms in total. The van der Waals surface area contributed by atoms with E-state index in [1.54, 1.807) is 0 Å². The van der Waals surface area contributed by atoms with Crippen molar-refractivity contribution in [2.75, 3.05) is 6.61 Å². The third-order valence-corrected chi connectivity index (χ3v) is 1.36. The molecule has 0 aliphatic heterocycles. The zero-order valence-corrected chi connectivity index (χ0v) is 7.46.